The molecule has 24 heavy (non-hydrogen) atoms. The normalized spacial score (nSPS) is 12.4. The first-order valence-electron chi connectivity index (χ1n) is 7.44. The molecule has 6 heteroatoms. The van der Waals surface area contributed by atoms with Crippen LogP contribution in [-0.4, -0.2) is 16.2 Å². The summed E-state index contributed by atoms with van der Waals surface area (Å²) in [5, 5.41) is 9.84. The number of thiophene rings is 1. The number of carbonyl (C=O) groups is 1. The van der Waals surface area contributed by atoms with Crippen molar-refractivity contribution in [3.63, 3.8) is 0 Å². The Balaban J connectivity index is 1.61. The van der Waals surface area contributed by atoms with Crippen molar-refractivity contribution >= 4 is 23.4 Å². The number of carbonyl (C=O) groups excluding carboxylic acids is 1. The lowest BCUT2D eigenvalue weighted by molar-refractivity contribution is -0.143. The number of hydrogen-bond donors (Lipinski definition) is 0. The number of esters is 1. The van der Waals surface area contributed by atoms with Gasteiger partial charge < -0.3 is 9.15 Å². The molecule has 0 saturated carbocycles. The van der Waals surface area contributed by atoms with E-state index in [-0.39, 0.29) is 5.89 Å². The maximum atomic E-state index is 11.9. The van der Waals surface area contributed by atoms with Gasteiger partial charge in [0.05, 0.1) is 4.88 Å². The molecule has 2 heterocycles. The predicted octanol–water partition coefficient (Wildman–Crippen LogP) is 4.42. The van der Waals surface area contributed by atoms with Crippen molar-refractivity contribution in [2.75, 3.05) is 0 Å². The van der Waals surface area contributed by atoms with Crippen LogP contribution < -0.4 is 0 Å². The van der Waals surface area contributed by atoms with E-state index < -0.39 is 12.1 Å². The van der Waals surface area contributed by atoms with Gasteiger partial charge in [-0.1, -0.05) is 35.9 Å². The standard InChI is InChI=1S/C18H16N2O3S/c1-12-5-7-14(8-6-12)9-10-16(21)22-13(2)17-19-20-18(23-17)15-4-3-11-24-15/h3-11,13H,1-2H3/b10-9+/t13-/m0/s1. The molecule has 0 spiro atoms. The third kappa shape index (κ3) is 3.97. The Hall–Kier alpha value is -2.73. The molecule has 2 aromatic heterocycles. The highest BCUT2D eigenvalue weighted by atomic mass is 32.1. The zero-order valence-corrected chi connectivity index (χ0v) is 14.1. The number of rotatable bonds is 5. The van der Waals surface area contributed by atoms with Crippen LogP contribution in [-0.2, 0) is 9.53 Å². The highest BCUT2D eigenvalue weighted by Gasteiger charge is 2.18. The van der Waals surface area contributed by atoms with E-state index in [9.17, 15) is 4.79 Å². The molecule has 1 atom stereocenters. The number of aromatic nitrogens is 2. The molecule has 0 unspecified atom stereocenters. The van der Waals surface area contributed by atoms with Gasteiger partial charge in [-0.15, -0.1) is 21.5 Å². The average Bonchev–Trinajstić information content (AvgIpc) is 3.25. The fourth-order valence-electron chi connectivity index (χ4n) is 2.00. The molecule has 0 aliphatic heterocycles. The largest absolute Gasteiger partial charge is 0.449 e. The smallest absolute Gasteiger partial charge is 0.331 e. The van der Waals surface area contributed by atoms with Crippen molar-refractivity contribution < 1.29 is 13.9 Å². The van der Waals surface area contributed by atoms with Gasteiger partial charge in [0.1, 0.15) is 0 Å². The maximum Gasteiger partial charge on any atom is 0.331 e. The van der Waals surface area contributed by atoms with E-state index in [4.69, 9.17) is 9.15 Å². The van der Waals surface area contributed by atoms with Crippen molar-refractivity contribution in [1.29, 1.82) is 0 Å². The first-order valence-corrected chi connectivity index (χ1v) is 8.32. The van der Waals surface area contributed by atoms with E-state index in [1.54, 1.807) is 13.0 Å². The van der Waals surface area contributed by atoms with E-state index in [0.717, 1.165) is 10.4 Å². The van der Waals surface area contributed by atoms with Crippen LogP contribution in [0.25, 0.3) is 16.8 Å². The van der Waals surface area contributed by atoms with Gasteiger partial charge in [-0.2, -0.15) is 0 Å². The molecular weight excluding hydrogens is 324 g/mol. The molecule has 0 fully saturated rings. The monoisotopic (exact) mass is 340 g/mol. The van der Waals surface area contributed by atoms with Crippen LogP contribution in [0.15, 0.2) is 52.3 Å². The number of aryl methyl sites for hydroxylation is 1. The molecule has 3 rings (SSSR count). The molecule has 0 radical (unpaired) electrons. The van der Waals surface area contributed by atoms with Crippen molar-refractivity contribution in [2.45, 2.75) is 20.0 Å². The van der Waals surface area contributed by atoms with Crippen molar-refractivity contribution in [3.8, 4) is 10.8 Å². The second-order valence-corrected chi connectivity index (χ2v) is 6.19. The third-order valence-corrected chi connectivity index (χ3v) is 4.16. The lowest BCUT2D eigenvalue weighted by Gasteiger charge is -2.06. The molecule has 1 aromatic carbocycles. The number of ether oxygens (including phenoxy) is 1. The van der Waals surface area contributed by atoms with Gasteiger partial charge >= 0.3 is 5.97 Å². The third-order valence-electron chi connectivity index (χ3n) is 3.30. The Labute approximate surface area is 143 Å². The van der Waals surface area contributed by atoms with E-state index in [1.165, 1.54) is 23.0 Å². The first kappa shape index (κ1) is 16.1. The Bertz CT molecular complexity index is 836. The lowest BCUT2D eigenvalue weighted by atomic mass is 10.1. The van der Waals surface area contributed by atoms with Gasteiger partial charge in [0.15, 0.2) is 6.10 Å². The van der Waals surface area contributed by atoms with Crippen molar-refractivity contribution in [3.05, 3.63) is 64.9 Å². The number of hydrogen-bond acceptors (Lipinski definition) is 6. The van der Waals surface area contributed by atoms with Gasteiger partial charge in [-0.3, -0.25) is 0 Å². The maximum absolute atomic E-state index is 11.9. The fourth-order valence-corrected chi connectivity index (χ4v) is 2.65. The van der Waals surface area contributed by atoms with Gasteiger partial charge in [-0.05, 0) is 36.9 Å². The van der Waals surface area contributed by atoms with Crippen LogP contribution in [0.2, 0.25) is 0 Å². The molecule has 0 aliphatic carbocycles. The van der Waals surface area contributed by atoms with Crippen LogP contribution in [0, 0.1) is 6.92 Å². The molecular formula is C18H16N2O3S. The summed E-state index contributed by atoms with van der Waals surface area (Å²) in [6, 6.07) is 11.6. The van der Waals surface area contributed by atoms with Gasteiger partial charge in [0, 0.05) is 6.08 Å². The zero-order valence-electron chi connectivity index (χ0n) is 13.3. The van der Waals surface area contributed by atoms with Crippen LogP contribution in [0.4, 0.5) is 0 Å². The van der Waals surface area contributed by atoms with E-state index in [0.29, 0.717) is 5.89 Å². The molecule has 5 nitrogen and oxygen atoms in total. The molecule has 0 saturated heterocycles. The average molecular weight is 340 g/mol. The molecule has 0 amide bonds. The van der Waals surface area contributed by atoms with E-state index in [1.807, 2.05) is 48.7 Å². The summed E-state index contributed by atoms with van der Waals surface area (Å²) in [5.41, 5.74) is 2.10. The fraction of sp³-hybridized carbons (Fsp3) is 0.167. The predicted molar refractivity (Wildman–Crippen MR) is 92.3 cm³/mol. The summed E-state index contributed by atoms with van der Waals surface area (Å²) >= 11 is 1.51. The molecule has 122 valence electrons. The summed E-state index contributed by atoms with van der Waals surface area (Å²) < 4.78 is 10.8. The van der Waals surface area contributed by atoms with Crippen molar-refractivity contribution in [1.82, 2.24) is 10.2 Å². The summed E-state index contributed by atoms with van der Waals surface area (Å²) in [4.78, 5) is 12.8. The molecule has 3 aromatic rings. The van der Waals surface area contributed by atoms with Gasteiger partial charge in [0.25, 0.3) is 11.8 Å². The summed E-state index contributed by atoms with van der Waals surface area (Å²) in [6.07, 6.45) is 2.48. The van der Waals surface area contributed by atoms with Crippen LogP contribution in [0.5, 0.6) is 0 Å². The number of benzene rings is 1. The van der Waals surface area contributed by atoms with Crippen LogP contribution in [0.1, 0.15) is 30.0 Å². The van der Waals surface area contributed by atoms with Gasteiger partial charge in [0.2, 0.25) is 0 Å². The SMILES string of the molecule is Cc1ccc(/C=C/C(=O)O[C@@H](C)c2nnc(-c3cccs3)o2)cc1. The highest BCUT2D eigenvalue weighted by Crippen LogP contribution is 2.25. The van der Waals surface area contributed by atoms with Gasteiger partial charge in [-0.25, -0.2) is 4.79 Å². The Morgan fingerprint density at radius 1 is 1.25 bits per heavy atom. The summed E-state index contributed by atoms with van der Waals surface area (Å²) in [6.45, 7) is 3.71. The van der Waals surface area contributed by atoms with Crippen LogP contribution >= 0.6 is 11.3 Å². The second kappa shape index (κ2) is 7.23. The minimum Gasteiger partial charge on any atom is -0.449 e. The molecule has 0 bridgehead atoms. The van der Waals surface area contributed by atoms with Crippen LogP contribution in [0.3, 0.4) is 0 Å². The van der Waals surface area contributed by atoms with E-state index >= 15 is 0 Å². The first-order chi connectivity index (χ1) is 11.6. The lowest BCUT2D eigenvalue weighted by Crippen LogP contribution is -2.06. The second-order valence-electron chi connectivity index (χ2n) is 5.25. The quantitative estimate of drug-likeness (QED) is 0.508. The minimum absolute atomic E-state index is 0.274. The molecule has 0 aliphatic rings. The van der Waals surface area contributed by atoms with Crippen molar-refractivity contribution in [2.24, 2.45) is 0 Å². The zero-order chi connectivity index (χ0) is 16.9. The summed E-state index contributed by atoms with van der Waals surface area (Å²) in [5.74, 6) is 0.243. The Morgan fingerprint density at radius 2 is 2.04 bits per heavy atom. The number of nitrogens with zero attached hydrogens (tertiary/aromatic N) is 2. The Morgan fingerprint density at radius 3 is 2.75 bits per heavy atom. The molecule has 0 N–H and O–H groups in total. The van der Waals surface area contributed by atoms with E-state index in [2.05, 4.69) is 10.2 Å². The highest BCUT2D eigenvalue weighted by molar-refractivity contribution is 7.13. The topological polar surface area (TPSA) is 65.2 Å². The Kier molecular flexibility index (Phi) is 4.86. The minimum atomic E-state index is -0.610. The summed E-state index contributed by atoms with van der Waals surface area (Å²) in [7, 11) is 0.